The molecule has 0 bridgehead atoms. The fraction of sp³-hybridized carbons (Fsp3) is 0.316. The summed E-state index contributed by atoms with van der Waals surface area (Å²) >= 11 is 6.74. The van der Waals surface area contributed by atoms with Crippen LogP contribution in [0.1, 0.15) is 24.8 Å². The molecule has 0 aliphatic rings. The van der Waals surface area contributed by atoms with Crippen LogP contribution in [0.5, 0.6) is 0 Å². The van der Waals surface area contributed by atoms with Crippen LogP contribution in [-0.4, -0.2) is 13.4 Å². The van der Waals surface area contributed by atoms with E-state index in [4.69, 9.17) is 15.8 Å². The first-order valence-corrected chi connectivity index (χ1v) is 11.7. The molecule has 0 spiro atoms. The molecule has 0 amide bonds. The Balaban J connectivity index is 1.66. The van der Waals surface area contributed by atoms with E-state index in [0.29, 0.717) is 13.0 Å². The average Bonchev–Trinajstić information content (AvgIpc) is 2.59. The molecule has 0 aliphatic heterocycles. The van der Waals surface area contributed by atoms with E-state index in [1.807, 2.05) is 48.5 Å². The Morgan fingerprint density at radius 2 is 1.61 bits per heavy atom. The topological polar surface area (TPSA) is 26.3 Å². The molecule has 0 aliphatic carbocycles. The summed E-state index contributed by atoms with van der Waals surface area (Å²) in [5, 5.41) is 1.26. The van der Waals surface area contributed by atoms with Crippen LogP contribution in [0.25, 0.3) is 0 Å². The van der Waals surface area contributed by atoms with Crippen molar-refractivity contribution in [1.82, 2.24) is 0 Å². The van der Waals surface area contributed by atoms with Crippen molar-refractivity contribution in [1.29, 1.82) is 0 Å². The van der Waals surface area contributed by atoms with Crippen LogP contribution in [0.15, 0.2) is 60.7 Å². The smallest absolute Gasteiger partial charge is 0.306 e. The molecule has 0 radical (unpaired) electrons. The zero-order valence-electron chi connectivity index (χ0n) is 13.5. The van der Waals surface area contributed by atoms with Crippen LogP contribution < -0.4 is 5.19 Å². The van der Waals surface area contributed by atoms with Gasteiger partial charge in [0, 0.05) is 6.42 Å². The molecule has 4 heteroatoms. The number of carbonyl (C=O) groups is 1. The largest absolute Gasteiger partial charge is 0.461 e. The van der Waals surface area contributed by atoms with Crippen LogP contribution >= 0.6 is 11.1 Å². The second-order valence-electron chi connectivity index (χ2n) is 5.92. The average molecular weight is 347 g/mol. The Hall–Kier alpha value is -1.58. The summed E-state index contributed by atoms with van der Waals surface area (Å²) < 4.78 is 5.28. The fourth-order valence-corrected chi connectivity index (χ4v) is 5.34. The maximum absolute atomic E-state index is 11.8. The lowest BCUT2D eigenvalue weighted by molar-refractivity contribution is -0.145. The molecule has 0 saturated heterocycles. The van der Waals surface area contributed by atoms with E-state index in [9.17, 15) is 4.79 Å². The normalized spacial score (nSPS) is 13.3. The second kappa shape index (κ2) is 8.90. The number of ether oxygens (including phenoxy) is 1. The summed E-state index contributed by atoms with van der Waals surface area (Å²) in [6, 6.07) is 21.0. The third kappa shape index (κ3) is 6.20. The van der Waals surface area contributed by atoms with Crippen LogP contribution in [0, 0.1) is 0 Å². The minimum absolute atomic E-state index is 0.133. The molecular weight excluding hydrogens is 324 g/mol. The molecule has 0 saturated carbocycles. The number of benzene rings is 2. The van der Waals surface area contributed by atoms with Crippen molar-refractivity contribution in [2.24, 2.45) is 0 Å². The van der Waals surface area contributed by atoms with Crippen molar-refractivity contribution >= 4 is 29.6 Å². The van der Waals surface area contributed by atoms with Gasteiger partial charge in [-0.25, -0.2) is 0 Å². The second-order valence-corrected chi connectivity index (χ2v) is 11.9. The van der Waals surface area contributed by atoms with Crippen molar-refractivity contribution in [2.45, 2.75) is 38.5 Å². The Labute approximate surface area is 144 Å². The molecule has 23 heavy (non-hydrogen) atoms. The molecule has 2 nitrogen and oxygen atoms in total. The molecule has 122 valence electrons. The van der Waals surface area contributed by atoms with Gasteiger partial charge in [-0.05, 0) is 23.2 Å². The number of carbonyl (C=O) groups excluding carboxylic acids is 1. The maximum Gasteiger partial charge on any atom is 0.306 e. The standard InChI is InChI=1S/C19H23ClO2Si/c1-23(20,18-12-6-3-7-13-18)15-9-8-14-19(21)22-16-17-10-4-2-5-11-17/h2-7,10-13H,8-9,14-16H2,1H3. The first kappa shape index (κ1) is 17.8. The third-order valence-corrected chi connectivity index (χ3v) is 7.95. The van der Waals surface area contributed by atoms with Gasteiger partial charge in [0.15, 0.2) is 7.38 Å². The predicted molar refractivity (Wildman–Crippen MR) is 98.4 cm³/mol. The van der Waals surface area contributed by atoms with Gasteiger partial charge in [0.25, 0.3) is 0 Å². The maximum atomic E-state index is 11.8. The van der Waals surface area contributed by atoms with Crippen LogP contribution in [-0.2, 0) is 16.1 Å². The van der Waals surface area contributed by atoms with E-state index in [0.717, 1.165) is 24.4 Å². The molecule has 2 rings (SSSR count). The summed E-state index contributed by atoms with van der Waals surface area (Å²) in [7, 11) is -1.90. The van der Waals surface area contributed by atoms with E-state index in [1.54, 1.807) is 0 Å². The van der Waals surface area contributed by atoms with Gasteiger partial charge in [-0.2, -0.15) is 11.1 Å². The van der Waals surface area contributed by atoms with E-state index in [1.165, 1.54) is 5.19 Å². The minimum atomic E-state index is -1.90. The summed E-state index contributed by atoms with van der Waals surface area (Å²) in [6.07, 6.45) is 2.25. The highest BCUT2D eigenvalue weighted by Gasteiger charge is 2.26. The summed E-state index contributed by atoms with van der Waals surface area (Å²) in [6.45, 7) is 2.52. The number of esters is 1. The Morgan fingerprint density at radius 1 is 1.00 bits per heavy atom. The highest BCUT2D eigenvalue weighted by atomic mass is 35.6. The SMILES string of the molecule is C[Si](Cl)(CCCCC(=O)OCc1ccccc1)c1ccccc1. The molecule has 0 N–H and O–H groups in total. The summed E-state index contributed by atoms with van der Waals surface area (Å²) in [5.74, 6) is -0.133. The zero-order valence-corrected chi connectivity index (χ0v) is 15.3. The van der Waals surface area contributed by atoms with Gasteiger partial charge in [0.1, 0.15) is 6.61 Å². The molecule has 0 fully saturated rings. The highest BCUT2D eigenvalue weighted by Crippen LogP contribution is 2.19. The van der Waals surface area contributed by atoms with Crippen molar-refractivity contribution in [3.05, 3.63) is 66.2 Å². The number of unbranched alkanes of at least 4 members (excludes halogenated alkanes) is 1. The van der Waals surface area contributed by atoms with Crippen molar-refractivity contribution in [2.75, 3.05) is 0 Å². The lowest BCUT2D eigenvalue weighted by Crippen LogP contribution is -2.38. The molecule has 0 aromatic heterocycles. The first-order chi connectivity index (χ1) is 11.1. The molecule has 0 heterocycles. The van der Waals surface area contributed by atoms with Crippen LogP contribution in [0.4, 0.5) is 0 Å². The number of hydrogen-bond acceptors (Lipinski definition) is 2. The van der Waals surface area contributed by atoms with Gasteiger partial charge >= 0.3 is 5.97 Å². The Morgan fingerprint density at radius 3 is 2.26 bits per heavy atom. The van der Waals surface area contributed by atoms with Crippen LogP contribution in [0.2, 0.25) is 12.6 Å². The quantitative estimate of drug-likeness (QED) is 0.302. The lowest BCUT2D eigenvalue weighted by Gasteiger charge is -2.19. The molecule has 2 aromatic carbocycles. The third-order valence-electron chi connectivity index (χ3n) is 3.90. The first-order valence-electron chi connectivity index (χ1n) is 8.02. The van der Waals surface area contributed by atoms with Crippen molar-refractivity contribution in [3.8, 4) is 0 Å². The Kier molecular flexibility index (Phi) is 6.87. The van der Waals surface area contributed by atoms with Gasteiger partial charge in [-0.1, -0.05) is 73.6 Å². The highest BCUT2D eigenvalue weighted by molar-refractivity contribution is 7.26. The van der Waals surface area contributed by atoms with Gasteiger partial charge in [-0.15, -0.1) is 0 Å². The predicted octanol–water partition coefficient (Wildman–Crippen LogP) is 4.62. The van der Waals surface area contributed by atoms with Gasteiger partial charge in [0.2, 0.25) is 0 Å². The number of rotatable bonds is 8. The van der Waals surface area contributed by atoms with E-state index in [-0.39, 0.29) is 5.97 Å². The monoisotopic (exact) mass is 346 g/mol. The fourth-order valence-electron chi connectivity index (χ4n) is 2.47. The summed E-state index contributed by atoms with van der Waals surface area (Å²) in [5.41, 5.74) is 1.02. The van der Waals surface area contributed by atoms with Gasteiger partial charge < -0.3 is 4.74 Å². The molecule has 2 aromatic rings. The van der Waals surface area contributed by atoms with Crippen molar-refractivity contribution < 1.29 is 9.53 Å². The molecule has 1 atom stereocenters. The molecular formula is C19H23ClO2Si. The van der Waals surface area contributed by atoms with Gasteiger partial charge in [-0.3, -0.25) is 4.79 Å². The Bertz CT molecular complexity index is 599. The zero-order chi connectivity index (χ0) is 16.5. The molecule has 1 unspecified atom stereocenters. The lowest BCUT2D eigenvalue weighted by atomic mass is 10.2. The van der Waals surface area contributed by atoms with Crippen LogP contribution in [0.3, 0.4) is 0 Å². The number of hydrogen-bond donors (Lipinski definition) is 0. The van der Waals surface area contributed by atoms with E-state index >= 15 is 0 Å². The number of halogens is 1. The van der Waals surface area contributed by atoms with Gasteiger partial charge in [0.05, 0.1) is 0 Å². The minimum Gasteiger partial charge on any atom is -0.461 e. The van der Waals surface area contributed by atoms with E-state index in [2.05, 4.69) is 18.7 Å². The van der Waals surface area contributed by atoms with E-state index < -0.39 is 7.38 Å². The van der Waals surface area contributed by atoms with Crippen molar-refractivity contribution in [3.63, 3.8) is 0 Å². The summed E-state index contributed by atoms with van der Waals surface area (Å²) in [4.78, 5) is 11.8.